The molecule has 4 nitrogen and oxygen atoms in total. The second-order valence-electron chi connectivity index (χ2n) is 8.41. The smallest absolute Gasteiger partial charge is 0.306 e. The van der Waals surface area contributed by atoms with E-state index in [1.54, 1.807) is 0 Å². The zero-order valence-corrected chi connectivity index (χ0v) is 19.6. The van der Waals surface area contributed by atoms with Crippen molar-refractivity contribution in [3.05, 3.63) is 0 Å². The topological polar surface area (TPSA) is 52.6 Å². The van der Waals surface area contributed by atoms with Gasteiger partial charge in [0.15, 0.2) is 0 Å². The maximum atomic E-state index is 11.8. The van der Waals surface area contributed by atoms with Crippen molar-refractivity contribution in [2.75, 3.05) is 6.61 Å². The van der Waals surface area contributed by atoms with E-state index >= 15 is 0 Å². The summed E-state index contributed by atoms with van der Waals surface area (Å²) in [6, 6.07) is 0. The highest BCUT2D eigenvalue weighted by molar-refractivity contribution is 5.69. The lowest BCUT2D eigenvalue weighted by atomic mass is 10.1. The molecule has 1 atom stereocenters. The molecule has 0 saturated carbocycles. The van der Waals surface area contributed by atoms with Crippen LogP contribution in [0.5, 0.6) is 0 Å². The van der Waals surface area contributed by atoms with Gasteiger partial charge in [0.2, 0.25) is 0 Å². The Labute approximate surface area is 180 Å². The highest BCUT2D eigenvalue weighted by Crippen LogP contribution is 2.12. The number of hydrogen-bond donors (Lipinski definition) is 0. The quantitative estimate of drug-likeness (QED) is 0.144. The summed E-state index contributed by atoms with van der Waals surface area (Å²) in [5, 5.41) is 0. The molecule has 0 aromatic rings. The SMILES string of the molecule is CCCCCCCCOC(=O)CCCCCCCCC(=O)OC(C)CCCCC. The normalized spacial score (nSPS) is 12.0. The highest BCUT2D eigenvalue weighted by atomic mass is 16.5. The van der Waals surface area contributed by atoms with Gasteiger partial charge in [0, 0.05) is 12.8 Å². The van der Waals surface area contributed by atoms with Crippen LogP contribution in [0.3, 0.4) is 0 Å². The average Bonchev–Trinajstić information content (AvgIpc) is 2.69. The van der Waals surface area contributed by atoms with Crippen molar-refractivity contribution < 1.29 is 19.1 Å². The Morgan fingerprint density at radius 3 is 1.72 bits per heavy atom. The van der Waals surface area contributed by atoms with Crippen molar-refractivity contribution in [3.8, 4) is 0 Å². The van der Waals surface area contributed by atoms with Gasteiger partial charge in [0.1, 0.15) is 0 Å². The Kier molecular flexibility index (Phi) is 20.9. The van der Waals surface area contributed by atoms with Gasteiger partial charge >= 0.3 is 11.9 Å². The van der Waals surface area contributed by atoms with E-state index in [1.165, 1.54) is 44.9 Å². The van der Waals surface area contributed by atoms with Crippen LogP contribution in [0.15, 0.2) is 0 Å². The number of rotatable bonds is 21. The van der Waals surface area contributed by atoms with Gasteiger partial charge in [-0.05, 0) is 39.0 Å². The summed E-state index contributed by atoms with van der Waals surface area (Å²) in [4.78, 5) is 23.5. The van der Waals surface area contributed by atoms with E-state index in [9.17, 15) is 9.59 Å². The van der Waals surface area contributed by atoms with Crippen molar-refractivity contribution in [2.45, 2.75) is 142 Å². The molecular weight excluding hydrogens is 364 g/mol. The first-order chi connectivity index (χ1) is 14.1. The maximum absolute atomic E-state index is 11.8. The largest absolute Gasteiger partial charge is 0.466 e. The third-order valence-corrected chi connectivity index (χ3v) is 5.32. The Morgan fingerprint density at radius 1 is 0.621 bits per heavy atom. The molecule has 0 aliphatic rings. The molecule has 0 amide bonds. The summed E-state index contributed by atoms with van der Waals surface area (Å²) in [5.41, 5.74) is 0. The van der Waals surface area contributed by atoms with Crippen LogP contribution in [-0.2, 0) is 19.1 Å². The predicted octanol–water partition coefficient (Wildman–Crippen LogP) is 7.52. The van der Waals surface area contributed by atoms with Gasteiger partial charge in [-0.25, -0.2) is 0 Å². The van der Waals surface area contributed by atoms with Crippen LogP contribution in [0.2, 0.25) is 0 Å². The van der Waals surface area contributed by atoms with Crippen LogP contribution in [0, 0.1) is 0 Å². The summed E-state index contributed by atoms with van der Waals surface area (Å²) < 4.78 is 10.7. The zero-order valence-electron chi connectivity index (χ0n) is 19.6. The van der Waals surface area contributed by atoms with Gasteiger partial charge in [0.05, 0.1) is 12.7 Å². The van der Waals surface area contributed by atoms with Gasteiger partial charge in [-0.15, -0.1) is 0 Å². The molecule has 0 N–H and O–H groups in total. The monoisotopic (exact) mass is 412 g/mol. The molecule has 0 aromatic carbocycles. The first kappa shape index (κ1) is 27.9. The molecule has 29 heavy (non-hydrogen) atoms. The molecule has 0 aromatic heterocycles. The van der Waals surface area contributed by atoms with Crippen molar-refractivity contribution in [3.63, 3.8) is 0 Å². The Hall–Kier alpha value is -1.06. The van der Waals surface area contributed by atoms with Gasteiger partial charge in [-0.3, -0.25) is 9.59 Å². The van der Waals surface area contributed by atoms with E-state index in [0.717, 1.165) is 57.8 Å². The number of unbranched alkanes of at least 4 members (excludes halogenated alkanes) is 12. The summed E-state index contributed by atoms with van der Waals surface area (Å²) in [6.07, 6.45) is 19.1. The molecule has 0 spiro atoms. The summed E-state index contributed by atoms with van der Waals surface area (Å²) in [7, 11) is 0. The summed E-state index contributed by atoms with van der Waals surface area (Å²) >= 11 is 0. The Balaban J connectivity index is 3.35. The van der Waals surface area contributed by atoms with Gasteiger partial charge < -0.3 is 9.47 Å². The van der Waals surface area contributed by atoms with Crippen molar-refractivity contribution in [1.29, 1.82) is 0 Å². The first-order valence-electron chi connectivity index (χ1n) is 12.4. The van der Waals surface area contributed by atoms with Crippen LogP contribution in [0.1, 0.15) is 136 Å². The highest BCUT2D eigenvalue weighted by Gasteiger charge is 2.09. The number of hydrogen-bond acceptors (Lipinski definition) is 4. The van der Waals surface area contributed by atoms with E-state index in [-0.39, 0.29) is 18.0 Å². The minimum Gasteiger partial charge on any atom is -0.466 e. The van der Waals surface area contributed by atoms with Gasteiger partial charge in [-0.1, -0.05) is 84.5 Å². The van der Waals surface area contributed by atoms with Crippen molar-refractivity contribution in [1.82, 2.24) is 0 Å². The molecule has 0 saturated heterocycles. The first-order valence-corrected chi connectivity index (χ1v) is 12.4. The molecule has 0 aliphatic carbocycles. The Bertz CT molecular complexity index is 381. The molecule has 0 rings (SSSR count). The Morgan fingerprint density at radius 2 is 1.10 bits per heavy atom. The molecule has 0 heterocycles. The van der Waals surface area contributed by atoms with Crippen LogP contribution >= 0.6 is 0 Å². The molecule has 172 valence electrons. The maximum Gasteiger partial charge on any atom is 0.306 e. The number of carbonyl (C=O) groups excluding carboxylic acids is 2. The van der Waals surface area contributed by atoms with E-state index < -0.39 is 0 Å². The predicted molar refractivity (Wildman–Crippen MR) is 121 cm³/mol. The second-order valence-corrected chi connectivity index (χ2v) is 8.41. The molecule has 4 heteroatoms. The molecule has 0 aliphatic heterocycles. The van der Waals surface area contributed by atoms with Gasteiger partial charge in [0.25, 0.3) is 0 Å². The fourth-order valence-corrected chi connectivity index (χ4v) is 3.41. The van der Waals surface area contributed by atoms with E-state index in [4.69, 9.17) is 9.47 Å². The standard InChI is InChI=1S/C25H48O4/c1-4-6-8-9-14-18-22-28-24(26)20-16-12-10-11-13-17-21-25(27)29-23(3)19-15-7-5-2/h23H,4-22H2,1-3H3. The fourth-order valence-electron chi connectivity index (χ4n) is 3.41. The minimum atomic E-state index is -0.0536. The van der Waals surface area contributed by atoms with Crippen LogP contribution in [0.25, 0.3) is 0 Å². The van der Waals surface area contributed by atoms with Crippen LogP contribution in [-0.4, -0.2) is 24.6 Å². The summed E-state index contributed by atoms with van der Waals surface area (Å²) in [6.45, 7) is 6.97. The number of carbonyl (C=O) groups is 2. The fraction of sp³-hybridized carbons (Fsp3) is 0.920. The number of esters is 2. The lowest BCUT2D eigenvalue weighted by molar-refractivity contribution is -0.148. The molecule has 0 fully saturated rings. The van der Waals surface area contributed by atoms with Crippen LogP contribution in [0.4, 0.5) is 0 Å². The van der Waals surface area contributed by atoms with E-state index in [2.05, 4.69) is 13.8 Å². The summed E-state index contributed by atoms with van der Waals surface area (Å²) in [5.74, 6) is -0.100. The number of ether oxygens (including phenoxy) is 2. The molecule has 0 radical (unpaired) electrons. The zero-order chi connectivity index (χ0) is 21.6. The minimum absolute atomic E-state index is 0.0469. The van der Waals surface area contributed by atoms with Crippen LogP contribution < -0.4 is 0 Å². The van der Waals surface area contributed by atoms with E-state index in [0.29, 0.717) is 19.4 Å². The third kappa shape index (κ3) is 21.5. The lowest BCUT2D eigenvalue weighted by Crippen LogP contribution is -2.14. The van der Waals surface area contributed by atoms with Crippen molar-refractivity contribution >= 4 is 11.9 Å². The molecule has 0 bridgehead atoms. The molecular formula is C25H48O4. The lowest BCUT2D eigenvalue weighted by Gasteiger charge is -2.12. The second kappa shape index (κ2) is 21.6. The average molecular weight is 413 g/mol. The molecule has 1 unspecified atom stereocenters. The van der Waals surface area contributed by atoms with E-state index in [1.807, 2.05) is 6.92 Å². The third-order valence-electron chi connectivity index (χ3n) is 5.32. The van der Waals surface area contributed by atoms with Gasteiger partial charge in [-0.2, -0.15) is 0 Å². The van der Waals surface area contributed by atoms with Crippen molar-refractivity contribution in [2.24, 2.45) is 0 Å².